The predicted octanol–water partition coefficient (Wildman–Crippen LogP) is 13.7. The molecule has 1 heterocycles. The predicted molar refractivity (Wildman–Crippen MR) is 222 cm³/mol. The Balaban J connectivity index is 1.15. The van der Waals surface area contributed by atoms with Crippen molar-refractivity contribution in [3.8, 4) is 44.9 Å². The largest absolute Gasteiger partial charge is 0.456 e. The Morgan fingerprint density at radius 1 is 0.353 bits per heavy atom. The second-order valence-electron chi connectivity index (χ2n) is 15.3. The van der Waals surface area contributed by atoms with Gasteiger partial charge in [0, 0.05) is 10.9 Å². The molecular formula is C49H34OSi. The molecule has 1 nitrogen and oxygen atoms in total. The van der Waals surface area contributed by atoms with Crippen LogP contribution in [0.2, 0.25) is 19.6 Å². The Labute approximate surface area is 297 Å². The first-order valence-corrected chi connectivity index (χ1v) is 21.4. The molecule has 0 spiro atoms. The third kappa shape index (κ3) is 4.14. The Bertz CT molecular complexity index is 3060. The first-order valence-electron chi connectivity index (χ1n) is 17.9. The summed E-state index contributed by atoms with van der Waals surface area (Å²) in [4.78, 5) is 0. The highest BCUT2D eigenvalue weighted by atomic mass is 28.3. The third-order valence-corrected chi connectivity index (χ3v) is 13.4. The monoisotopic (exact) mass is 666 g/mol. The van der Waals surface area contributed by atoms with Gasteiger partial charge in [-0.1, -0.05) is 146 Å². The van der Waals surface area contributed by atoms with E-state index in [9.17, 15) is 0 Å². The van der Waals surface area contributed by atoms with E-state index in [0.717, 1.165) is 17.1 Å². The van der Waals surface area contributed by atoms with Crippen LogP contribution in [0.1, 0.15) is 0 Å². The van der Waals surface area contributed by atoms with Crippen molar-refractivity contribution in [3.05, 3.63) is 152 Å². The van der Waals surface area contributed by atoms with E-state index in [1.54, 1.807) is 0 Å². The van der Waals surface area contributed by atoms with Crippen LogP contribution in [-0.2, 0) is 0 Å². The van der Waals surface area contributed by atoms with Gasteiger partial charge in [0.25, 0.3) is 0 Å². The number of hydrogen-bond acceptors (Lipinski definition) is 1. The maximum absolute atomic E-state index is 6.77. The molecule has 0 aliphatic carbocycles. The Morgan fingerprint density at radius 2 is 0.980 bits per heavy atom. The van der Waals surface area contributed by atoms with Crippen LogP contribution in [0.25, 0.3) is 98.0 Å². The fourth-order valence-corrected chi connectivity index (χ4v) is 9.97. The quantitative estimate of drug-likeness (QED) is 0.135. The van der Waals surface area contributed by atoms with Gasteiger partial charge in [0.15, 0.2) is 0 Å². The van der Waals surface area contributed by atoms with E-state index in [1.807, 2.05) is 0 Å². The molecule has 1 aliphatic rings. The van der Waals surface area contributed by atoms with E-state index in [4.69, 9.17) is 4.74 Å². The molecule has 10 aromatic rings. The number of rotatable bonds is 3. The van der Waals surface area contributed by atoms with Gasteiger partial charge in [0.2, 0.25) is 0 Å². The Morgan fingerprint density at radius 3 is 1.78 bits per heavy atom. The molecule has 51 heavy (non-hydrogen) atoms. The minimum absolute atomic E-state index is 0.913. The van der Waals surface area contributed by atoms with Gasteiger partial charge in [-0.3, -0.25) is 0 Å². The van der Waals surface area contributed by atoms with Crippen molar-refractivity contribution in [2.24, 2.45) is 0 Å². The SMILES string of the molecule is C[Si](C)(C)c1ccc(-c2ccc3c(c2)Oc2cccc4c2c-3cc2c3ccccc3c(-c3ccc5ccc6cccc7ccc3c5c67)cc42)cc1. The van der Waals surface area contributed by atoms with Gasteiger partial charge in [-0.05, 0) is 117 Å². The van der Waals surface area contributed by atoms with Crippen molar-refractivity contribution in [3.63, 3.8) is 0 Å². The summed E-state index contributed by atoms with van der Waals surface area (Å²) in [5.41, 5.74) is 7.30. The van der Waals surface area contributed by atoms with Crippen molar-refractivity contribution >= 4 is 77.9 Å². The van der Waals surface area contributed by atoms with E-state index in [2.05, 4.69) is 171 Å². The summed E-state index contributed by atoms with van der Waals surface area (Å²) in [7, 11) is -1.36. The molecule has 240 valence electrons. The molecular weight excluding hydrogens is 633 g/mol. The van der Waals surface area contributed by atoms with E-state index in [1.165, 1.54) is 97.6 Å². The second kappa shape index (κ2) is 10.3. The van der Waals surface area contributed by atoms with Gasteiger partial charge in [0.05, 0.1) is 8.07 Å². The van der Waals surface area contributed by atoms with Crippen LogP contribution >= 0.6 is 0 Å². The molecule has 0 saturated heterocycles. The first kappa shape index (κ1) is 28.8. The zero-order chi connectivity index (χ0) is 34.0. The molecule has 10 aromatic carbocycles. The smallest absolute Gasteiger partial charge is 0.135 e. The first-order chi connectivity index (χ1) is 24.9. The maximum Gasteiger partial charge on any atom is 0.135 e. The highest BCUT2D eigenvalue weighted by molar-refractivity contribution is 6.88. The van der Waals surface area contributed by atoms with Crippen molar-refractivity contribution in [2.45, 2.75) is 19.6 Å². The van der Waals surface area contributed by atoms with Crippen LogP contribution in [-0.4, -0.2) is 8.07 Å². The molecule has 0 amide bonds. The van der Waals surface area contributed by atoms with Gasteiger partial charge >= 0.3 is 0 Å². The zero-order valence-corrected chi connectivity index (χ0v) is 29.8. The van der Waals surface area contributed by atoms with Gasteiger partial charge in [-0.25, -0.2) is 0 Å². The normalized spacial score (nSPS) is 12.8. The second-order valence-corrected chi connectivity index (χ2v) is 20.4. The van der Waals surface area contributed by atoms with Crippen molar-refractivity contribution < 1.29 is 4.74 Å². The van der Waals surface area contributed by atoms with Crippen molar-refractivity contribution in [1.82, 2.24) is 0 Å². The molecule has 0 saturated carbocycles. The lowest BCUT2D eigenvalue weighted by Gasteiger charge is -2.24. The van der Waals surface area contributed by atoms with Crippen LogP contribution in [0.3, 0.4) is 0 Å². The summed E-state index contributed by atoms with van der Waals surface area (Å²) in [5, 5.41) is 16.8. The minimum Gasteiger partial charge on any atom is -0.456 e. The van der Waals surface area contributed by atoms with Crippen LogP contribution in [0.4, 0.5) is 0 Å². The lowest BCUT2D eigenvalue weighted by molar-refractivity contribution is 0.487. The molecule has 2 heteroatoms. The number of ether oxygens (including phenoxy) is 1. The highest BCUT2D eigenvalue weighted by Gasteiger charge is 2.24. The lowest BCUT2D eigenvalue weighted by Crippen LogP contribution is -2.37. The van der Waals surface area contributed by atoms with Crippen LogP contribution < -0.4 is 9.92 Å². The number of fused-ring (bicyclic) bond motifs is 6. The summed E-state index contributed by atoms with van der Waals surface area (Å²) in [5.74, 6) is 1.83. The van der Waals surface area contributed by atoms with Crippen LogP contribution in [0, 0.1) is 0 Å². The summed E-state index contributed by atoms with van der Waals surface area (Å²) in [6, 6.07) is 56.7. The van der Waals surface area contributed by atoms with Crippen LogP contribution in [0.15, 0.2) is 152 Å². The van der Waals surface area contributed by atoms with E-state index in [-0.39, 0.29) is 0 Å². The highest BCUT2D eigenvalue weighted by Crippen LogP contribution is 2.51. The minimum atomic E-state index is -1.36. The van der Waals surface area contributed by atoms with Gasteiger partial charge in [0.1, 0.15) is 11.5 Å². The van der Waals surface area contributed by atoms with Crippen molar-refractivity contribution in [1.29, 1.82) is 0 Å². The number of hydrogen-bond donors (Lipinski definition) is 0. The molecule has 1 aliphatic heterocycles. The van der Waals surface area contributed by atoms with Crippen molar-refractivity contribution in [2.75, 3.05) is 0 Å². The molecule has 0 unspecified atom stereocenters. The summed E-state index contributed by atoms with van der Waals surface area (Å²) in [6.07, 6.45) is 0. The summed E-state index contributed by atoms with van der Waals surface area (Å²) >= 11 is 0. The average Bonchev–Trinajstić information content (AvgIpc) is 3.16. The van der Waals surface area contributed by atoms with E-state index >= 15 is 0 Å². The fraction of sp³-hybridized carbons (Fsp3) is 0.0612. The van der Waals surface area contributed by atoms with Gasteiger partial charge in [-0.2, -0.15) is 0 Å². The standard InChI is InChI=1S/C49H34OSi/c1-51(2,3)34-21-16-29(17-22-34)33-20-24-38-44-28-42-36-11-5-4-10-35(36)41(27-43(42)39-12-7-13-45(49(39)44)50-46(38)26-33)37-23-18-32-15-14-30-8-6-9-31-19-25-40(37)48(32)47(30)31/h4-28H,1-3H3. The number of benzene rings is 10. The van der Waals surface area contributed by atoms with Crippen LogP contribution in [0.5, 0.6) is 11.5 Å². The molecule has 0 N–H and O–H groups in total. The Kier molecular flexibility index (Phi) is 5.82. The average molecular weight is 667 g/mol. The molecule has 0 atom stereocenters. The van der Waals surface area contributed by atoms with E-state index < -0.39 is 8.07 Å². The molecule has 0 fully saturated rings. The topological polar surface area (TPSA) is 9.23 Å². The molecule has 0 bridgehead atoms. The zero-order valence-electron chi connectivity index (χ0n) is 28.8. The summed E-state index contributed by atoms with van der Waals surface area (Å²) in [6.45, 7) is 7.19. The summed E-state index contributed by atoms with van der Waals surface area (Å²) < 4.78 is 6.77. The van der Waals surface area contributed by atoms with Gasteiger partial charge < -0.3 is 4.74 Å². The molecule has 0 aromatic heterocycles. The third-order valence-electron chi connectivity index (χ3n) is 11.4. The maximum atomic E-state index is 6.77. The van der Waals surface area contributed by atoms with E-state index in [0.29, 0.717) is 0 Å². The Hall–Kier alpha value is -5.96. The van der Waals surface area contributed by atoms with Gasteiger partial charge in [-0.15, -0.1) is 0 Å². The lowest BCUT2D eigenvalue weighted by atomic mass is 9.84. The fourth-order valence-electron chi connectivity index (χ4n) is 8.81. The molecule has 0 radical (unpaired) electrons. The molecule has 11 rings (SSSR count).